The van der Waals surface area contributed by atoms with Crippen LogP contribution in [0.1, 0.15) is 50.3 Å². The normalized spacial score (nSPS) is 23.3. The predicted octanol–water partition coefficient (Wildman–Crippen LogP) is 3.82. The topological polar surface area (TPSA) is 46.1 Å². The predicted molar refractivity (Wildman–Crippen MR) is 109 cm³/mol. The van der Waals surface area contributed by atoms with Gasteiger partial charge in [-0.2, -0.15) is 0 Å². The molecule has 0 radical (unpaired) electrons. The maximum atomic E-state index is 13.3. The standard InChI is InChI=1S/C24H31F2NO2/c1-16-4-3-5-23(17(16)2)27-14-22(28)15-29-24(18-6-10-20(25)11-7-18)19-8-12-21(26)13-9-19/h6-13,16-17,22-24,27-28H,3-5,14-15H2,1-2H3/p+1/t16-,17+,22-,23+/m0/s1. The van der Waals surface area contributed by atoms with E-state index in [1.54, 1.807) is 24.3 Å². The molecule has 29 heavy (non-hydrogen) atoms. The van der Waals surface area contributed by atoms with Crippen molar-refractivity contribution < 1.29 is 23.9 Å². The first-order valence-corrected chi connectivity index (χ1v) is 10.6. The molecule has 2 aromatic carbocycles. The van der Waals surface area contributed by atoms with E-state index in [1.807, 2.05) is 0 Å². The molecule has 3 rings (SSSR count). The SMILES string of the molecule is C[C@@H]1[C@@H](C)CCC[C@H]1[NH2+]C[C@H](O)COC(c1ccc(F)cc1)c1ccc(F)cc1. The highest BCUT2D eigenvalue weighted by atomic mass is 19.1. The van der Waals surface area contributed by atoms with Crippen molar-refractivity contribution in [3.05, 3.63) is 71.3 Å². The molecule has 3 nitrogen and oxygen atoms in total. The lowest BCUT2D eigenvalue weighted by atomic mass is 9.78. The van der Waals surface area contributed by atoms with Gasteiger partial charge in [0.2, 0.25) is 0 Å². The molecule has 0 amide bonds. The molecule has 0 aromatic heterocycles. The molecule has 0 spiro atoms. The van der Waals surface area contributed by atoms with E-state index in [1.165, 1.54) is 43.5 Å². The highest BCUT2D eigenvalue weighted by Crippen LogP contribution is 2.28. The van der Waals surface area contributed by atoms with Crippen LogP contribution in [0.15, 0.2) is 48.5 Å². The fourth-order valence-electron chi connectivity index (χ4n) is 4.22. The number of hydrogen-bond acceptors (Lipinski definition) is 2. The lowest BCUT2D eigenvalue weighted by Crippen LogP contribution is -2.93. The zero-order chi connectivity index (χ0) is 20.8. The zero-order valence-electron chi connectivity index (χ0n) is 17.2. The van der Waals surface area contributed by atoms with Gasteiger partial charge in [-0.05, 0) is 60.6 Å². The Morgan fingerprint density at radius 2 is 1.52 bits per heavy atom. The maximum absolute atomic E-state index is 13.3. The number of ether oxygens (including phenoxy) is 1. The van der Waals surface area contributed by atoms with Gasteiger partial charge >= 0.3 is 0 Å². The minimum atomic E-state index is -0.608. The Morgan fingerprint density at radius 3 is 2.07 bits per heavy atom. The number of benzene rings is 2. The number of aliphatic hydroxyl groups excluding tert-OH is 1. The van der Waals surface area contributed by atoms with Crippen LogP contribution in [0.25, 0.3) is 0 Å². The van der Waals surface area contributed by atoms with Gasteiger partial charge in [0.1, 0.15) is 30.4 Å². The molecule has 1 aliphatic rings. The van der Waals surface area contributed by atoms with Crippen molar-refractivity contribution in [2.75, 3.05) is 13.2 Å². The number of halogens is 2. The van der Waals surface area contributed by atoms with E-state index in [4.69, 9.17) is 4.74 Å². The molecule has 5 heteroatoms. The minimum absolute atomic E-state index is 0.159. The molecule has 0 unspecified atom stereocenters. The minimum Gasteiger partial charge on any atom is -0.385 e. The van der Waals surface area contributed by atoms with Gasteiger partial charge < -0.3 is 15.2 Å². The molecular weight excluding hydrogens is 372 g/mol. The van der Waals surface area contributed by atoms with Crippen molar-refractivity contribution in [3.8, 4) is 0 Å². The van der Waals surface area contributed by atoms with Crippen molar-refractivity contribution >= 4 is 0 Å². The van der Waals surface area contributed by atoms with E-state index in [-0.39, 0.29) is 18.2 Å². The first-order chi connectivity index (χ1) is 13.9. The van der Waals surface area contributed by atoms with E-state index >= 15 is 0 Å². The first-order valence-electron chi connectivity index (χ1n) is 10.6. The summed E-state index contributed by atoms with van der Waals surface area (Å²) in [6.07, 6.45) is 2.62. The number of quaternary nitrogens is 1. The van der Waals surface area contributed by atoms with E-state index in [0.29, 0.717) is 18.5 Å². The van der Waals surface area contributed by atoms with Crippen LogP contribution in [0.5, 0.6) is 0 Å². The first kappa shape index (κ1) is 21.9. The van der Waals surface area contributed by atoms with Gasteiger partial charge in [0, 0.05) is 5.92 Å². The van der Waals surface area contributed by atoms with Gasteiger partial charge in [0.25, 0.3) is 0 Å². The molecule has 158 valence electrons. The fraction of sp³-hybridized carbons (Fsp3) is 0.500. The molecule has 3 N–H and O–H groups in total. The largest absolute Gasteiger partial charge is 0.385 e. The Bertz CT molecular complexity index is 705. The van der Waals surface area contributed by atoms with E-state index < -0.39 is 12.2 Å². The molecule has 0 heterocycles. The van der Waals surface area contributed by atoms with Gasteiger partial charge in [-0.1, -0.05) is 38.1 Å². The monoisotopic (exact) mass is 404 g/mol. The Kier molecular flexibility index (Phi) is 7.76. The second-order valence-corrected chi connectivity index (χ2v) is 8.37. The molecule has 4 atom stereocenters. The van der Waals surface area contributed by atoms with Crippen LogP contribution in [0.4, 0.5) is 8.78 Å². The number of nitrogens with two attached hydrogens (primary N) is 1. The average Bonchev–Trinajstić information content (AvgIpc) is 2.71. The second-order valence-electron chi connectivity index (χ2n) is 8.37. The van der Waals surface area contributed by atoms with E-state index in [2.05, 4.69) is 19.2 Å². The lowest BCUT2D eigenvalue weighted by molar-refractivity contribution is -0.704. The van der Waals surface area contributed by atoms with Crippen molar-refractivity contribution in [1.82, 2.24) is 0 Å². The van der Waals surface area contributed by atoms with E-state index in [0.717, 1.165) is 17.0 Å². The highest BCUT2D eigenvalue weighted by Gasteiger charge is 2.30. The van der Waals surface area contributed by atoms with Gasteiger partial charge in [-0.3, -0.25) is 0 Å². The molecule has 1 aliphatic carbocycles. The third kappa shape index (κ3) is 6.08. The second kappa shape index (κ2) is 10.3. The molecular formula is C24H32F2NO2+. The third-order valence-electron chi connectivity index (χ3n) is 6.28. The van der Waals surface area contributed by atoms with Gasteiger partial charge in [0.15, 0.2) is 0 Å². The molecule has 1 fully saturated rings. The fourth-order valence-corrected chi connectivity index (χ4v) is 4.22. The van der Waals surface area contributed by atoms with Crippen molar-refractivity contribution in [2.45, 2.75) is 51.4 Å². The molecule has 2 aromatic rings. The van der Waals surface area contributed by atoms with E-state index in [9.17, 15) is 13.9 Å². The lowest BCUT2D eigenvalue weighted by Gasteiger charge is -2.32. The molecule has 1 saturated carbocycles. The van der Waals surface area contributed by atoms with Crippen LogP contribution in [0, 0.1) is 23.5 Å². The van der Waals surface area contributed by atoms with Crippen molar-refractivity contribution in [1.29, 1.82) is 0 Å². The van der Waals surface area contributed by atoms with Crippen LogP contribution in [-0.2, 0) is 4.74 Å². The van der Waals surface area contributed by atoms with Crippen LogP contribution in [0.2, 0.25) is 0 Å². The Labute approximate surface area is 172 Å². The van der Waals surface area contributed by atoms with Crippen LogP contribution in [-0.4, -0.2) is 30.4 Å². The molecule has 0 aliphatic heterocycles. The van der Waals surface area contributed by atoms with Gasteiger partial charge in [-0.25, -0.2) is 8.78 Å². The summed E-state index contributed by atoms with van der Waals surface area (Å²) in [7, 11) is 0. The van der Waals surface area contributed by atoms with Crippen molar-refractivity contribution in [3.63, 3.8) is 0 Å². The Balaban J connectivity index is 1.60. The summed E-state index contributed by atoms with van der Waals surface area (Å²) in [5, 5.41) is 12.7. The summed E-state index contributed by atoms with van der Waals surface area (Å²) in [6.45, 7) is 5.35. The number of hydrogen-bond donors (Lipinski definition) is 2. The van der Waals surface area contributed by atoms with Crippen LogP contribution < -0.4 is 5.32 Å². The van der Waals surface area contributed by atoms with Crippen LogP contribution in [0.3, 0.4) is 0 Å². The summed E-state index contributed by atoms with van der Waals surface area (Å²) < 4.78 is 32.7. The number of aliphatic hydroxyl groups is 1. The highest BCUT2D eigenvalue weighted by molar-refractivity contribution is 5.30. The quantitative estimate of drug-likeness (QED) is 0.703. The average molecular weight is 405 g/mol. The molecule has 0 bridgehead atoms. The zero-order valence-corrected chi connectivity index (χ0v) is 17.2. The Hall–Kier alpha value is -1.82. The summed E-state index contributed by atoms with van der Waals surface area (Å²) in [6, 6.07) is 12.7. The summed E-state index contributed by atoms with van der Waals surface area (Å²) in [5.74, 6) is 0.719. The van der Waals surface area contributed by atoms with Gasteiger partial charge in [0.05, 0.1) is 12.6 Å². The number of rotatable bonds is 8. The summed E-state index contributed by atoms with van der Waals surface area (Å²) in [5.41, 5.74) is 1.54. The van der Waals surface area contributed by atoms with Crippen molar-refractivity contribution in [2.24, 2.45) is 11.8 Å². The Morgan fingerprint density at radius 1 is 0.966 bits per heavy atom. The maximum Gasteiger partial charge on any atom is 0.126 e. The smallest absolute Gasteiger partial charge is 0.126 e. The summed E-state index contributed by atoms with van der Waals surface area (Å²) >= 11 is 0. The molecule has 0 saturated heterocycles. The third-order valence-corrected chi connectivity index (χ3v) is 6.28. The van der Waals surface area contributed by atoms with Crippen LogP contribution >= 0.6 is 0 Å². The van der Waals surface area contributed by atoms with Gasteiger partial charge in [-0.15, -0.1) is 0 Å². The summed E-state index contributed by atoms with van der Waals surface area (Å²) in [4.78, 5) is 0.